The topological polar surface area (TPSA) is 60.9 Å². The molecule has 2 aromatic rings. The van der Waals surface area contributed by atoms with Gasteiger partial charge in [-0.15, -0.1) is 0 Å². The molecular weight excluding hydrogens is 262 g/mol. The molecule has 0 saturated heterocycles. The number of benzene rings is 1. The molecule has 0 aliphatic heterocycles. The fourth-order valence-electron chi connectivity index (χ4n) is 2.40. The zero-order valence-electron chi connectivity index (χ0n) is 13.0. The molecule has 1 unspecified atom stereocenters. The Morgan fingerprint density at radius 3 is 2.52 bits per heavy atom. The second kappa shape index (κ2) is 6.22. The fourth-order valence-corrected chi connectivity index (χ4v) is 2.40. The largest absolute Gasteiger partial charge is 0.315 e. The van der Waals surface area contributed by atoms with Crippen LogP contribution in [0.2, 0.25) is 0 Å². The third-order valence-corrected chi connectivity index (χ3v) is 3.87. The molecule has 0 aliphatic carbocycles. The van der Waals surface area contributed by atoms with Crippen LogP contribution in [-0.2, 0) is 29.7 Å². The summed E-state index contributed by atoms with van der Waals surface area (Å²) in [5.74, 6) is 0.00551. The van der Waals surface area contributed by atoms with E-state index in [4.69, 9.17) is 5.73 Å². The van der Waals surface area contributed by atoms with Crippen LogP contribution >= 0.6 is 0 Å². The summed E-state index contributed by atoms with van der Waals surface area (Å²) in [5, 5.41) is 4.48. The van der Waals surface area contributed by atoms with Gasteiger partial charge in [0.25, 0.3) is 0 Å². The summed E-state index contributed by atoms with van der Waals surface area (Å²) in [4.78, 5) is 12.6. The molecule has 2 rings (SSSR count). The van der Waals surface area contributed by atoms with Gasteiger partial charge in [0.05, 0.1) is 17.7 Å². The number of rotatable bonds is 6. The van der Waals surface area contributed by atoms with Crippen molar-refractivity contribution >= 4 is 5.78 Å². The predicted molar refractivity (Wildman–Crippen MR) is 84.0 cm³/mol. The van der Waals surface area contributed by atoms with Crippen LogP contribution in [0.3, 0.4) is 0 Å². The quantitative estimate of drug-likeness (QED) is 0.887. The standard InChI is InChI=1S/C17H23N3O/c1-4-14-11-15(20(5-2)19-14)12-16(21)17(3,18)13-9-7-6-8-10-13/h6-11H,4-5,12,18H2,1-3H3. The van der Waals surface area contributed by atoms with Crippen molar-refractivity contribution in [3.63, 3.8) is 0 Å². The van der Waals surface area contributed by atoms with Gasteiger partial charge in [-0.05, 0) is 31.9 Å². The smallest absolute Gasteiger partial charge is 0.162 e. The lowest BCUT2D eigenvalue weighted by Gasteiger charge is -2.23. The lowest BCUT2D eigenvalue weighted by atomic mass is 9.86. The van der Waals surface area contributed by atoms with Gasteiger partial charge in [0, 0.05) is 12.2 Å². The number of hydrogen-bond acceptors (Lipinski definition) is 3. The van der Waals surface area contributed by atoms with E-state index in [0.717, 1.165) is 29.9 Å². The van der Waals surface area contributed by atoms with Crippen molar-refractivity contribution in [1.82, 2.24) is 9.78 Å². The lowest BCUT2D eigenvalue weighted by molar-refractivity contribution is -0.123. The minimum atomic E-state index is -0.976. The van der Waals surface area contributed by atoms with Gasteiger partial charge in [0.2, 0.25) is 0 Å². The third kappa shape index (κ3) is 3.22. The highest BCUT2D eigenvalue weighted by Crippen LogP contribution is 2.21. The highest BCUT2D eigenvalue weighted by Gasteiger charge is 2.30. The molecule has 1 aromatic heterocycles. The SMILES string of the molecule is CCc1cc(CC(=O)C(C)(N)c2ccccc2)n(CC)n1. The lowest BCUT2D eigenvalue weighted by Crippen LogP contribution is -2.43. The summed E-state index contributed by atoms with van der Waals surface area (Å²) < 4.78 is 1.89. The van der Waals surface area contributed by atoms with E-state index in [0.29, 0.717) is 6.42 Å². The number of ketones is 1. The number of nitrogens with two attached hydrogens (primary N) is 1. The van der Waals surface area contributed by atoms with E-state index in [2.05, 4.69) is 12.0 Å². The molecule has 1 heterocycles. The molecule has 0 saturated carbocycles. The second-order valence-corrected chi connectivity index (χ2v) is 5.46. The highest BCUT2D eigenvalue weighted by molar-refractivity contribution is 5.90. The first kappa shape index (κ1) is 15.4. The van der Waals surface area contributed by atoms with Crippen LogP contribution < -0.4 is 5.73 Å². The Morgan fingerprint density at radius 1 is 1.29 bits per heavy atom. The monoisotopic (exact) mass is 285 g/mol. The maximum absolute atomic E-state index is 12.6. The van der Waals surface area contributed by atoms with Gasteiger partial charge in [-0.1, -0.05) is 37.3 Å². The van der Waals surface area contributed by atoms with Crippen molar-refractivity contribution in [3.05, 3.63) is 53.3 Å². The summed E-state index contributed by atoms with van der Waals surface area (Å²) >= 11 is 0. The summed E-state index contributed by atoms with van der Waals surface area (Å²) in [6.45, 7) is 6.62. The first-order chi connectivity index (χ1) is 9.98. The van der Waals surface area contributed by atoms with Gasteiger partial charge in [0.1, 0.15) is 0 Å². The minimum absolute atomic E-state index is 0.00551. The van der Waals surface area contributed by atoms with Crippen molar-refractivity contribution in [1.29, 1.82) is 0 Å². The van der Waals surface area contributed by atoms with Crippen LogP contribution in [-0.4, -0.2) is 15.6 Å². The summed E-state index contributed by atoms with van der Waals surface area (Å²) in [7, 11) is 0. The molecule has 0 radical (unpaired) electrons. The number of hydrogen-bond donors (Lipinski definition) is 1. The maximum Gasteiger partial charge on any atom is 0.162 e. The molecular formula is C17H23N3O. The number of nitrogens with zero attached hydrogens (tertiary/aromatic N) is 2. The maximum atomic E-state index is 12.6. The average Bonchev–Trinajstić information content (AvgIpc) is 2.90. The number of aryl methyl sites for hydroxylation is 2. The Hall–Kier alpha value is -1.94. The first-order valence-corrected chi connectivity index (χ1v) is 7.42. The Balaban J connectivity index is 2.23. The van der Waals surface area contributed by atoms with E-state index in [1.54, 1.807) is 6.92 Å². The summed E-state index contributed by atoms with van der Waals surface area (Å²) in [5.41, 5.74) is 8.10. The van der Waals surface area contributed by atoms with E-state index in [1.165, 1.54) is 0 Å². The van der Waals surface area contributed by atoms with Crippen molar-refractivity contribution in [2.45, 2.75) is 45.7 Å². The minimum Gasteiger partial charge on any atom is -0.315 e. The number of carbonyl (C=O) groups excluding carboxylic acids is 1. The second-order valence-electron chi connectivity index (χ2n) is 5.46. The summed E-state index contributed by atoms with van der Waals surface area (Å²) in [6.07, 6.45) is 1.18. The van der Waals surface area contributed by atoms with Gasteiger partial charge in [-0.2, -0.15) is 5.10 Å². The molecule has 1 aromatic carbocycles. The van der Waals surface area contributed by atoms with Gasteiger partial charge < -0.3 is 5.73 Å². The molecule has 0 aliphatic rings. The molecule has 21 heavy (non-hydrogen) atoms. The fraction of sp³-hybridized carbons (Fsp3) is 0.412. The Bertz CT molecular complexity index is 614. The van der Waals surface area contributed by atoms with Crippen LogP contribution in [0.25, 0.3) is 0 Å². The van der Waals surface area contributed by atoms with Gasteiger partial charge in [-0.3, -0.25) is 9.48 Å². The van der Waals surface area contributed by atoms with E-state index in [9.17, 15) is 4.79 Å². The third-order valence-electron chi connectivity index (χ3n) is 3.87. The number of Topliss-reactive ketones (excluding diaryl/α,β-unsaturated/α-hetero) is 1. The van der Waals surface area contributed by atoms with Crippen LogP contribution in [0.5, 0.6) is 0 Å². The molecule has 0 amide bonds. The van der Waals surface area contributed by atoms with Crippen molar-refractivity contribution < 1.29 is 4.79 Å². The van der Waals surface area contributed by atoms with Crippen LogP contribution in [0.1, 0.15) is 37.7 Å². The Labute approximate surface area is 126 Å². The first-order valence-electron chi connectivity index (χ1n) is 7.42. The van der Waals surface area contributed by atoms with Crippen molar-refractivity contribution in [2.24, 2.45) is 5.73 Å². The number of aromatic nitrogens is 2. The molecule has 2 N–H and O–H groups in total. The molecule has 1 atom stereocenters. The van der Waals surface area contributed by atoms with E-state index >= 15 is 0 Å². The van der Waals surface area contributed by atoms with Gasteiger partial charge in [0.15, 0.2) is 5.78 Å². The highest BCUT2D eigenvalue weighted by atomic mass is 16.1. The molecule has 0 spiro atoms. The van der Waals surface area contributed by atoms with Crippen LogP contribution in [0.4, 0.5) is 0 Å². The Morgan fingerprint density at radius 2 is 1.95 bits per heavy atom. The van der Waals surface area contributed by atoms with E-state index in [-0.39, 0.29) is 5.78 Å². The van der Waals surface area contributed by atoms with Gasteiger partial charge >= 0.3 is 0 Å². The number of carbonyl (C=O) groups is 1. The molecule has 4 nitrogen and oxygen atoms in total. The van der Waals surface area contributed by atoms with E-state index in [1.807, 2.05) is 48.0 Å². The van der Waals surface area contributed by atoms with Gasteiger partial charge in [-0.25, -0.2) is 0 Å². The van der Waals surface area contributed by atoms with Crippen molar-refractivity contribution in [3.8, 4) is 0 Å². The van der Waals surface area contributed by atoms with Crippen molar-refractivity contribution in [2.75, 3.05) is 0 Å². The molecule has 112 valence electrons. The van der Waals surface area contributed by atoms with Crippen LogP contribution in [0.15, 0.2) is 36.4 Å². The Kier molecular flexibility index (Phi) is 4.58. The normalized spacial score (nSPS) is 13.9. The van der Waals surface area contributed by atoms with E-state index < -0.39 is 5.54 Å². The average molecular weight is 285 g/mol. The zero-order chi connectivity index (χ0) is 15.5. The molecule has 0 fully saturated rings. The molecule has 4 heteroatoms. The zero-order valence-corrected chi connectivity index (χ0v) is 13.0. The molecule has 0 bridgehead atoms. The van der Waals surface area contributed by atoms with Crippen LogP contribution in [0, 0.1) is 0 Å². The predicted octanol–water partition coefficient (Wildman–Crippen LogP) is 2.45. The summed E-state index contributed by atoms with van der Waals surface area (Å²) in [6, 6.07) is 11.5.